The highest BCUT2D eigenvalue weighted by Gasteiger charge is 2.32. The molecule has 0 radical (unpaired) electrons. The molecule has 0 bridgehead atoms. The van der Waals surface area contributed by atoms with Gasteiger partial charge in [0.05, 0.1) is 10.5 Å². The third kappa shape index (κ3) is 3.95. The Morgan fingerprint density at radius 1 is 1.21 bits per heavy atom. The average molecular weight is 402 g/mol. The van der Waals surface area contributed by atoms with E-state index in [-0.39, 0.29) is 10.8 Å². The van der Waals surface area contributed by atoms with Crippen molar-refractivity contribution in [2.75, 3.05) is 13.1 Å². The average Bonchev–Trinajstić information content (AvgIpc) is 3.37. The summed E-state index contributed by atoms with van der Waals surface area (Å²) in [7, 11) is -3.59. The lowest BCUT2D eigenvalue weighted by Crippen LogP contribution is -2.29. The van der Waals surface area contributed by atoms with Crippen LogP contribution in [0.2, 0.25) is 0 Å². The first-order chi connectivity index (χ1) is 13.5. The normalized spacial score (nSPS) is 17.8. The van der Waals surface area contributed by atoms with Gasteiger partial charge in [0.1, 0.15) is 5.82 Å². The Balaban J connectivity index is 1.35. The number of benzene rings is 1. The fourth-order valence-electron chi connectivity index (χ4n) is 3.30. The predicted octanol–water partition coefficient (Wildman–Crippen LogP) is 2.91. The monoisotopic (exact) mass is 402 g/mol. The molecule has 1 fully saturated rings. The second kappa shape index (κ2) is 7.76. The molecule has 3 aromatic rings. The van der Waals surface area contributed by atoms with Crippen LogP contribution < -0.4 is 0 Å². The molecule has 1 saturated heterocycles. The molecule has 1 aliphatic heterocycles. The van der Waals surface area contributed by atoms with Crippen molar-refractivity contribution in [2.45, 2.75) is 24.2 Å². The molecule has 1 unspecified atom stereocenters. The zero-order valence-corrected chi connectivity index (χ0v) is 15.8. The van der Waals surface area contributed by atoms with Gasteiger partial charge in [-0.15, -0.1) is 0 Å². The molecular weight excluding hydrogens is 383 g/mol. The standard InChI is InChI=1S/C19H19FN4O3S/c20-16-4-6-17(7-5-16)28(25,26)24-11-9-14(13-24)3-8-18-22-19(27-23-18)15-2-1-10-21-12-15/h1-2,4-7,10,12,14H,3,8-9,11,13H2. The van der Waals surface area contributed by atoms with E-state index >= 15 is 0 Å². The third-order valence-electron chi connectivity index (χ3n) is 4.85. The highest BCUT2D eigenvalue weighted by atomic mass is 32.2. The first kappa shape index (κ1) is 18.7. The van der Waals surface area contributed by atoms with Gasteiger partial charge >= 0.3 is 0 Å². The summed E-state index contributed by atoms with van der Waals surface area (Å²) in [5.41, 5.74) is 0.763. The highest BCUT2D eigenvalue weighted by molar-refractivity contribution is 7.89. The summed E-state index contributed by atoms with van der Waals surface area (Å²) < 4.78 is 45.2. The van der Waals surface area contributed by atoms with Crippen LogP contribution in [-0.4, -0.2) is 40.9 Å². The second-order valence-corrected chi connectivity index (χ2v) is 8.71. The second-order valence-electron chi connectivity index (χ2n) is 6.77. The number of nitrogens with zero attached hydrogens (tertiary/aromatic N) is 4. The van der Waals surface area contributed by atoms with Crippen LogP contribution in [-0.2, 0) is 16.4 Å². The molecule has 0 spiro atoms. The smallest absolute Gasteiger partial charge is 0.259 e. The van der Waals surface area contributed by atoms with E-state index in [4.69, 9.17) is 4.52 Å². The van der Waals surface area contributed by atoms with Crippen LogP contribution in [0, 0.1) is 11.7 Å². The van der Waals surface area contributed by atoms with Crippen LogP contribution in [0.25, 0.3) is 11.5 Å². The largest absolute Gasteiger partial charge is 0.334 e. The highest BCUT2D eigenvalue weighted by Crippen LogP contribution is 2.27. The van der Waals surface area contributed by atoms with Gasteiger partial charge in [-0.3, -0.25) is 4.98 Å². The Morgan fingerprint density at radius 3 is 2.79 bits per heavy atom. The topological polar surface area (TPSA) is 89.2 Å². The van der Waals surface area contributed by atoms with E-state index in [2.05, 4.69) is 15.1 Å². The number of aromatic nitrogens is 3. The van der Waals surface area contributed by atoms with Crippen LogP contribution in [0.5, 0.6) is 0 Å². The summed E-state index contributed by atoms with van der Waals surface area (Å²) in [6.45, 7) is 0.893. The first-order valence-corrected chi connectivity index (χ1v) is 10.4. The zero-order valence-electron chi connectivity index (χ0n) is 15.0. The van der Waals surface area contributed by atoms with Gasteiger partial charge in [-0.2, -0.15) is 9.29 Å². The molecule has 0 aliphatic carbocycles. The molecule has 146 valence electrons. The molecule has 0 amide bonds. The zero-order chi connectivity index (χ0) is 19.6. The van der Waals surface area contributed by atoms with Gasteiger partial charge < -0.3 is 4.52 Å². The lowest BCUT2D eigenvalue weighted by molar-refractivity contribution is 0.413. The molecule has 1 aromatic carbocycles. The predicted molar refractivity (Wildman–Crippen MR) is 99.1 cm³/mol. The molecule has 1 aliphatic rings. The number of rotatable bonds is 6. The number of hydrogen-bond donors (Lipinski definition) is 0. The molecule has 9 heteroatoms. The van der Waals surface area contributed by atoms with Gasteiger partial charge in [-0.05, 0) is 55.2 Å². The van der Waals surface area contributed by atoms with Crippen molar-refractivity contribution in [3.8, 4) is 11.5 Å². The van der Waals surface area contributed by atoms with Gasteiger partial charge in [-0.1, -0.05) is 5.16 Å². The van der Waals surface area contributed by atoms with Crippen molar-refractivity contribution in [1.29, 1.82) is 0 Å². The third-order valence-corrected chi connectivity index (χ3v) is 6.73. The van der Waals surface area contributed by atoms with Crippen LogP contribution in [0.15, 0.2) is 58.2 Å². The molecule has 0 N–H and O–H groups in total. The van der Waals surface area contributed by atoms with E-state index in [1.165, 1.54) is 16.4 Å². The van der Waals surface area contributed by atoms with Crippen LogP contribution in [0.1, 0.15) is 18.7 Å². The summed E-state index contributed by atoms with van der Waals surface area (Å²) in [6.07, 6.45) is 5.48. The Hall–Kier alpha value is -2.65. The van der Waals surface area contributed by atoms with E-state index in [1.807, 2.05) is 6.07 Å². The molecular formula is C19H19FN4O3S. The minimum absolute atomic E-state index is 0.119. The minimum Gasteiger partial charge on any atom is -0.334 e. The number of halogens is 1. The van der Waals surface area contributed by atoms with Crippen LogP contribution in [0.3, 0.4) is 0 Å². The SMILES string of the molecule is O=S(=O)(c1ccc(F)cc1)N1CCC(CCc2noc(-c3cccnc3)n2)C1. The fraction of sp³-hybridized carbons (Fsp3) is 0.316. The molecule has 4 rings (SSSR count). The summed E-state index contributed by atoms with van der Waals surface area (Å²) in [5.74, 6) is 0.785. The summed E-state index contributed by atoms with van der Waals surface area (Å²) in [4.78, 5) is 8.53. The summed E-state index contributed by atoms with van der Waals surface area (Å²) in [6, 6.07) is 8.58. The summed E-state index contributed by atoms with van der Waals surface area (Å²) in [5, 5.41) is 4.00. The Bertz CT molecular complexity index is 1040. The van der Waals surface area contributed by atoms with E-state index in [9.17, 15) is 12.8 Å². The maximum absolute atomic E-state index is 13.1. The Morgan fingerprint density at radius 2 is 2.04 bits per heavy atom. The number of pyridine rings is 1. The Labute approximate surface area is 162 Å². The maximum Gasteiger partial charge on any atom is 0.259 e. The number of aryl methyl sites for hydroxylation is 1. The summed E-state index contributed by atoms with van der Waals surface area (Å²) >= 11 is 0. The number of sulfonamides is 1. The Kier molecular flexibility index (Phi) is 5.19. The van der Waals surface area contributed by atoms with Crippen LogP contribution >= 0.6 is 0 Å². The van der Waals surface area contributed by atoms with Crippen molar-refractivity contribution >= 4 is 10.0 Å². The van der Waals surface area contributed by atoms with Crippen molar-refractivity contribution in [1.82, 2.24) is 19.4 Å². The lowest BCUT2D eigenvalue weighted by Gasteiger charge is -2.16. The molecule has 7 nitrogen and oxygen atoms in total. The maximum atomic E-state index is 13.1. The van der Waals surface area contributed by atoms with Gasteiger partial charge in [0.15, 0.2) is 5.82 Å². The van der Waals surface area contributed by atoms with Crippen LogP contribution in [0.4, 0.5) is 4.39 Å². The van der Waals surface area contributed by atoms with Crippen molar-refractivity contribution in [3.05, 3.63) is 60.4 Å². The van der Waals surface area contributed by atoms with E-state index < -0.39 is 15.8 Å². The van der Waals surface area contributed by atoms with E-state index in [0.29, 0.717) is 31.2 Å². The van der Waals surface area contributed by atoms with Crippen molar-refractivity contribution in [3.63, 3.8) is 0 Å². The fourth-order valence-corrected chi connectivity index (χ4v) is 4.83. The van der Waals surface area contributed by atoms with Gasteiger partial charge in [0.25, 0.3) is 5.89 Å². The molecule has 28 heavy (non-hydrogen) atoms. The van der Waals surface area contributed by atoms with Crippen molar-refractivity contribution in [2.24, 2.45) is 5.92 Å². The van der Waals surface area contributed by atoms with Gasteiger partial charge in [-0.25, -0.2) is 12.8 Å². The molecule has 3 heterocycles. The van der Waals surface area contributed by atoms with Crippen molar-refractivity contribution < 1.29 is 17.3 Å². The molecule has 1 atom stereocenters. The molecule has 0 saturated carbocycles. The van der Waals surface area contributed by atoms with E-state index in [0.717, 1.165) is 30.5 Å². The quantitative estimate of drug-likeness (QED) is 0.630. The molecule has 2 aromatic heterocycles. The van der Waals surface area contributed by atoms with Gasteiger partial charge in [0, 0.05) is 31.9 Å². The first-order valence-electron chi connectivity index (χ1n) is 9.01. The van der Waals surface area contributed by atoms with E-state index in [1.54, 1.807) is 18.5 Å². The lowest BCUT2D eigenvalue weighted by atomic mass is 10.0. The number of hydrogen-bond acceptors (Lipinski definition) is 6. The van der Waals surface area contributed by atoms with Gasteiger partial charge in [0.2, 0.25) is 10.0 Å². The minimum atomic E-state index is -3.59.